The van der Waals surface area contributed by atoms with E-state index in [0.717, 1.165) is 17.8 Å². The minimum Gasteiger partial charge on any atom is -0.379 e. The molecular formula is C12H10FN3O2. The first-order chi connectivity index (χ1) is 8.66. The van der Waals surface area contributed by atoms with Gasteiger partial charge in [0.25, 0.3) is 0 Å². The van der Waals surface area contributed by atoms with Crippen LogP contribution < -0.4 is 5.32 Å². The Morgan fingerprint density at radius 3 is 2.78 bits per heavy atom. The van der Waals surface area contributed by atoms with Crippen molar-refractivity contribution in [2.75, 3.05) is 5.32 Å². The Morgan fingerprint density at radius 1 is 1.33 bits per heavy atom. The maximum Gasteiger partial charge on any atom is 0.304 e. The van der Waals surface area contributed by atoms with Crippen molar-refractivity contribution in [2.24, 2.45) is 0 Å². The van der Waals surface area contributed by atoms with E-state index in [4.69, 9.17) is 0 Å². The molecule has 0 fully saturated rings. The van der Waals surface area contributed by atoms with E-state index in [-0.39, 0.29) is 0 Å². The Balaban J connectivity index is 2.07. The predicted octanol–water partition coefficient (Wildman–Crippen LogP) is 2.74. The average molecular weight is 247 g/mol. The quantitative estimate of drug-likeness (QED) is 0.666. The second-order valence-electron chi connectivity index (χ2n) is 3.60. The topological polar surface area (TPSA) is 68.1 Å². The molecule has 92 valence electrons. The van der Waals surface area contributed by atoms with E-state index in [1.54, 1.807) is 12.3 Å². The summed E-state index contributed by atoms with van der Waals surface area (Å²) in [5, 5.41) is 13.4. The second-order valence-corrected chi connectivity index (χ2v) is 3.60. The van der Waals surface area contributed by atoms with Crippen molar-refractivity contribution >= 4 is 11.4 Å². The van der Waals surface area contributed by atoms with Crippen molar-refractivity contribution < 1.29 is 9.31 Å². The van der Waals surface area contributed by atoms with Gasteiger partial charge in [-0.1, -0.05) is 6.07 Å². The fourth-order valence-corrected chi connectivity index (χ4v) is 1.46. The van der Waals surface area contributed by atoms with Crippen LogP contribution in [0.15, 0.2) is 42.6 Å². The Hall–Kier alpha value is -2.50. The smallest absolute Gasteiger partial charge is 0.304 e. The van der Waals surface area contributed by atoms with Gasteiger partial charge in [0.05, 0.1) is 17.2 Å². The standard InChI is InChI=1S/C12H10FN3O2/c13-11-7-9(4-5-12(11)16(17)18)15-8-10-3-1-2-6-14-10/h1-7,15H,8H2. The highest BCUT2D eigenvalue weighted by Crippen LogP contribution is 2.20. The van der Waals surface area contributed by atoms with Crippen molar-refractivity contribution in [3.05, 3.63) is 64.2 Å². The first-order valence-corrected chi connectivity index (χ1v) is 5.24. The SMILES string of the molecule is O=[N+]([O-])c1ccc(NCc2ccccn2)cc1F. The van der Waals surface area contributed by atoms with Crippen LogP contribution >= 0.6 is 0 Å². The summed E-state index contributed by atoms with van der Waals surface area (Å²) in [5.74, 6) is -0.856. The molecule has 1 heterocycles. The van der Waals surface area contributed by atoms with Crippen LogP contribution in [0.1, 0.15) is 5.69 Å². The molecule has 0 amide bonds. The number of hydrogen-bond donors (Lipinski definition) is 1. The number of pyridine rings is 1. The monoisotopic (exact) mass is 247 g/mol. The molecule has 0 aliphatic heterocycles. The van der Waals surface area contributed by atoms with E-state index in [0.29, 0.717) is 12.2 Å². The van der Waals surface area contributed by atoms with Crippen LogP contribution in [0.3, 0.4) is 0 Å². The molecule has 0 aliphatic rings. The van der Waals surface area contributed by atoms with Crippen LogP contribution in [-0.2, 0) is 6.54 Å². The molecule has 0 spiro atoms. The van der Waals surface area contributed by atoms with Gasteiger partial charge in [0.2, 0.25) is 5.82 Å². The molecule has 18 heavy (non-hydrogen) atoms. The average Bonchev–Trinajstić information content (AvgIpc) is 2.37. The summed E-state index contributed by atoms with van der Waals surface area (Å²) in [6, 6.07) is 9.17. The summed E-state index contributed by atoms with van der Waals surface area (Å²) in [6.45, 7) is 0.429. The van der Waals surface area contributed by atoms with Gasteiger partial charge in [0.1, 0.15) is 0 Å². The molecule has 5 nitrogen and oxygen atoms in total. The van der Waals surface area contributed by atoms with E-state index in [1.807, 2.05) is 12.1 Å². The van der Waals surface area contributed by atoms with Crippen LogP contribution in [0.5, 0.6) is 0 Å². The van der Waals surface area contributed by atoms with Crippen molar-refractivity contribution in [1.29, 1.82) is 0 Å². The van der Waals surface area contributed by atoms with Crippen molar-refractivity contribution in [3.8, 4) is 0 Å². The lowest BCUT2D eigenvalue weighted by atomic mass is 10.2. The molecule has 0 saturated carbocycles. The summed E-state index contributed by atoms with van der Waals surface area (Å²) >= 11 is 0. The zero-order chi connectivity index (χ0) is 13.0. The van der Waals surface area contributed by atoms with Gasteiger partial charge in [-0.05, 0) is 18.2 Å². The van der Waals surface area contributed by atoms with Crippen molar-refractivity contribution in [3.63, 3.8) is 0 Å². The number of nitro benzene ring substituents is 1. The van der Waals surface area contributed by atoms with Crippen LogP contribution in [-0.4, -0.2) is 9.91 Å². The largest absolute Gasteiger partial charge is 0.379 e. The molecule has 1 N–H and O–H groups in total. The lowest BCUT2D eigenvalue weighted by molar-refractivity contribution is -0.387. The third-order valence-electron chi connectivity index (χ3n) is 2.34. The first-order valence-electron chi connectivity index (χ1n) is 5.24. The van der Waals surface area contributed by atoms with Gasteiger partial charge in [-0.15, -0.1) is 0 Å². The van der Waals surface area contributed by atoms with E-state index < -0.39 is 16.4 Å². The highest BCUT2D eigenvalue weighted by atomic mass is 19.1. The molecule has 2 rings (SSSR count). The van der Waals surface area contributed by atoms with E-state index in [1.165, 1.54) is 6.07 Å². The highest BCUT2D eigenvalue weighted by molar-refractivity contribution is 5.49. The maximum atomic E-state index is 13.3. The number of benzene rings is 1. The molecule has 1 aromatic carbocycles. The van der Waals surface area contributed by atoms with Gasteiger partial charge < -0.3 is 5.32 Å². The van der Waals surface area contributed by atoms with Crippen molar-refractivity contribution in [1.82, 2.24) is 4.98 Å². The first kappa shape index (κ1) is 12.0. The van der Waals surface area contributed by atoms with Crippen LogP contribution in [0, 0.1) is 15.9 Å². The van der Waals surface area contributed by atoms with E-state index in [2.05, 4.69) is 10.3 Å². The third kappa shape index (κ3) is 2.79. The Labute approximate surface area is 102 Å². The maximum absolute atomic E-state index is 13.3. The summed E-state index contributed by atoms with van der Waals surface area (Å²) in [7, 11) is 0. The number of nitro groups is 1. The molecule has 0 radical (unpaired) electrons. The van der Waals surface area contributed by atoms with Gasteiger partial charge in [0, 0.05) is 24.0 Å². The third-order valence-corrected chi connectivity index (χ3v) is 2.34. The normalized spacial score (nSPS) is 10.1. The minimum atomic E-state index is -0.856. The molecular weight excluding hydrogens is 237 g/mol. The number of hydrogen-bond acceptors (Lipinski definition) is 4. The Kier molecular flexibility index (Phi) is 3.47. The minimum absolute atomic E-state index is 0.429. The number of nitrogens with zero attached hydrogens (tertiary/aromatic N) is 2. The predicted molar refractivity (Wildman–Crippen MR) is 64.6 cm³/mol. The number of halogens is 1. The lowest BCUT2D eigenvalue weighted by Gasteiger charge is -2.05. The Morgan fingerprint density at radius 2 is 2.17 bits per heavy atom. The molecule has 0 bridgehead atoms. The second kappa shape index (κ2) is 5.22. The van der Waals surface area contributed by atoms with E-state index in [9.17, 15) is 14.5 Å². The highest BCUT2D eigenvalue weighted by Gasteiger charge is 2.13. The number of aromatic nitrogens is 1. The van der Waals surface area contributed by atoms with E-state index >= 15 is 0 Å². The lowest BCUT2D eigenvalue weighted by Crippen LogP contribution is -2.02. The molecule has 0 saturated heterocycles. The fourth-order valence-electron chi connectivity index (χ4n) is 1.46. The summed E-state index contributed by atoms with van der Waals surface area (Å²) in [5.41, 5.74) is 0.749. The van der Waals surface area contributed by atoms with Gasteiger partial charge in [-0.25, -0.2) is 0 Å². The molecule has 1 aromatic heterocycles. The molecule has 6 heteroatoms. The number of anilines is 1. The van der Waals surface area contributed by atoms with Crippen LogP contribution in [0.25, 0.3) is 0 Å². The molecule has 0 aliphatic carbocycles. The summed E-state index contributed by atoms with van der Waals surface area (Å²) in [6.07, 6.45) is 1.66. The fraction of sp³-hybridized carbons (Fsp3) is 0.0833. The van der Waals surface area contributed by atoms with Crippen molar-refractivity contribution in [2.45, 2.75) is 6.54 Å². The van der Waals surface area contributed by atoms with Crippen LogP contribution in [0.4, 0.5) is 15.8 Å². The number of rotatable bonds is 4. The van der Waals surface area contributed by atoms with Gasteiger partial charge in [-0.3, -0.25) is 15.1 Å². The Bertz CT molecular complexity index is 561. The molecule has 0 unspecified atom stereocenters. The zero-order valence-corrected chi connectivity index (χ0v) is 9.34. The summed E-state index contributed by atoms with van der Waals surface area (Å²) in [4.78, 5) is 13.8. The summed E-state index contributed by atoms with van der Waals surface area (Å²) < 4.78 is 13.3. The van der Waals surface area contributed by atoms with Gasteiger partial charge >= 0.3 is 5.69 Å². The molecule has 0 atom stereocenters. The van der Waals surface area contributed by atoms with Gasteiger partial charge in [0.15, 0.2) is 0 Å². The molecule has 2 aromatic rings. The zero-order valence-electron chi connectivity index (χ0n) is 9.34. The number of nitrogens with one attached hydrogen (secondary N) is 1. The van der Waals surface area contributed by atoms with Crippen LogP contribution in [0.2, 0.25) is 0 Å². The van der Waals surface area contributed by atoms with Gasteiger partial charge in [-0.2, -0.15) is 4.39 Å².